The number of nitrogens with zero attached hydrogens (tertiary/aromatic N) is 3. The van der Waals surface area contributed by atoms with Crippen molar-refractivity contribution in [1.82, 2.24) is 25.3 Å². The number of amides is 5. The average molecular weight is 1210 g/mol. The molecule has 2 aliphatic rings. The van der Waals surface area contributed by atoms with Crippen molar-refractivity contribution < 1.29 is 97.1 Å². The number of aliphatic hydroxyl groups excluding tert-OH is 3. The number of fused-ring (bicyclic) bond motifs is 1. The van der Waals surface area contributed by atoms with Crippen LogP contribution in [0.3, 0.4) is 0 Å². The van der Waals surface area contributed by atoms with Crippen LogP contribution in [0, 0.1) is 36.0 Å². The van der Waals surface area contributed by atoms with Crippen molar-refractivity contribution >= 4 is 58.6 Å². The highest BCUT2D eigenvalue weighted by molar-refractivity contribution is 5.92. The van der Waals surface area contributed by atoms with Crippen LogP contribution in [0.1, 0.15) is 110 Å². The molecular formula is C61H85N5O20. The second-order valence-electron chi connectivity index (χ2n) is 22.8. The molecule has 474 valence electrons. The Morgan fingerprint density at radius 2 is 1.52 bits per heavy atom. The number of likely N-dealkylation sites (tertiary alicyclic amines) is 1. The van der Waals surface area contributed by atoms with Crippen molar-refractivity contribution in [3.05, 3.63) is 65.4 Å². The number of carbonyl (C=O) groups excluding carboxylic acids is 5. The number of carbonyl (C=O) groups is 8. The van der Waals surface area contributed by atoms with Gasteiger partial charge in [0.15, 0.2) is 6.10 Å². The fourth-order valence-electron chi connectivity index (χ4n) is 11.4. The minimum atomic E-state index is -2.00. The Labute approximate surface area is 500 Å². The average Bonchev–Trinajstić information content (AvgIpc) is 1.76. The van der Waals surface area contributed by atoms with E-state index in [0.29, 0.717) is 25.8 Å². The number of hydrogen-bond acceptors (Lipinski definition) is 17. The van der Waals surface area contributed by atoms with Gasteiger partial charge in [0.1, 0.15) is 59.6 Å². The Morgan fingerprint density at radius 3 is 2.09 bits per heavy atom. The summed E-state index contributed by atoms with van der Waals surface area (Å²) >= 11 is 0. The molecule has 3 unspecified atom stereocenters. The first-order valence-electron chi connectivity index (χ1n) is 28.8. The third-order valence-electron chi connectivity index (χ3n) is 16.3. The van der Waals surface area contributed by atoms with Gasteiger partial charge >= 0.3 is 24.0 Å². The number of rotatable bonds is 30. The second kappa shape index (κ2) is 31.3. The van der Waals surface area contributed by atoms with E-state index in [0.717, 1.165) is 10.5 Å². The van der Waals surface area contributed by atoms with Gasteiger partial charge in [0, 0.05) is 53.3 Å². The molecule has 0 radical (unpaired) electrons. The van der Waals surface area contributed by atoms with Crippen molar-refractivity contribution in [2.24, 2.45) is 23.7 Å². The van der Waals surface area contributed by atoms with Crippen molar-refractivity contribution in [2.45, 2.75) is 179 Å². The second-order valence-corrected chi connectivity index (χ2v) is 22.8. The molecule has 0 spiro atoms. The normalized spacial score (nSPS) is 21.8. The quantitative estimate of drug-likeness (QED) is 0.0441. The van der Waals surface area contributed by atoms with Gasteiger partial charge in [-0.3, -0.25) is 28.9 Å². The van der Waals surface area contributed by atoms with Gasteiger partial charge < -0.3 is 79.2 Å². The molecule has 0 bridgehead atoms. The Hall–Kier alpha value is -7.34. The molecule has 15 atom stereocenters. The molecule has 0 saturated carbocycles. The van der Waals surface area contributed by atoms with E-state index in [1.165, 1.54) is 44.4 Å². The zero-order valence-corrected chi connectivity index (χ0v) is 50.6. The van der Waals surface area contributed by atoms with Crippen LogP contribution in [0.4, 0.5) is 4.79 Å². The number of terminal acetylenes is 1. The SMILES string of the molecule is C#CCC(OC(=O)N(C)[C@H](C(=O)N[C@H](C(=O)N(C)[C@@H](C(C)CC)[C@@H](CC(=O)N1CCC[C@H]1[C@H](OC)[C@@H](C)C(=O)NC(Cc1ccccc1)C(=O)O)OC)C(C)C)C(C)C)c1ccc(O[C@@H]2O[C@H](C(=O)O)[C@@H](O)[C@H](O)[C@H]2O)c2cc(CCC(=O)O)oc12. The van der Waals surface area contributed by atoms with Crippen molar-refractivity contribution in [3.63, 3.8) is 0 Å². The number of nitrogens with one attached hydrogen (secondary N) is 2. The van der Waals surface area contributed by atoms with Gasteiger partial charge in [0.2, 0.25) is 29.9 Å². The van der Waals surface area contributed by atoms with E-state index in [-0.39, 0.29) is 72.0 Å². The zero-order valence-electron chi connectivity index (χ0n) is 50.6. The number of carboxylic acids is 3. The molecule has 5 rings (SSSR count). The number of benzene rings is 2. The summed E-state index contributed by atoms with van der Waals surface area (Å²) < 4.78 is 35.3. The van der Waals surface area contributed by atoms with E-state index < -0.39 is 139 Å². The summed E-state index contributed by atoms with van der Waals surface area (Å²) in [6.07, 6.45) is -7.10. The maximum atomic E-state index is 14.9. The van der Waals surface area contributed by atoms with E-state index >= 15 is 0 Å². The molecule has 0 aliphatic carbocycles. The Bertz CT molecular complexity index is 2870. The van der Waals surface area contributed by atoms with Crippen LogP contribution in [0.25, 0.3) is 11.0 Å². The molecule has 2 fully saturated rings. The monoisotopic (exact) mass is 1210 g/mol. The molecule has 86 heavy (non-hydrogen) atoms. The Balaban J connectivity index is 1.34. The molecule has 25 heteroatoms. The third kappa shape index (κ3) is 16.8. The van der Waals surface area contributed by atoms with Gasteiger partial charge in [0.25, 0.3) is 0 Å². The summed E-state index contributed by atoms with van der Waals surface area (Å²) in [5.74, 6) is -5.76. The standard InChI is InChI=1S/C61H85N5O20/c1-13-19-41(37-24-25-42(38-29-36(83-53(37)38)23-26-45(68)69)84-60-51(72)49(70)50(71)54(86-60)59(78)79)85-61(80)65(10)47(32(5)6)56(74)63-46(31(3)4)57(75)64(9)48(33(7)14-2)43(81-11)30-44(67)66-27-18-22-40(66)52(82-12)34(8)55(73)62-39(58(76)77)28-35-20-16-15-17-21-35/h1,15-17,20-21,24-25,29,31-34,39-41,43,46-52,54,60,70-72H,14,18-19,22-23,26-28,30H2,2-12H3,(H,62,73)(H,63,74)(H,68,69)(H,76,77)(H,78,79)/t33?,34-,39?,40+,41?,43-,46+,47+,48+,49+,50+,51-,52-,54+,60-/m1/s1. The van der Waals surface area contributed by atoms with Crippen molar-refractivity contribution in [1.29, 1.82) is 0 Å². The molecule has 3 heterocycles. The molecule has 3 aromatic rings. The fraction of sp³-hybridized carbons (Fsp3) is 0.607. The molecule has 2 aromatic carbocycles. The zero-order chi connectivity index (χ0) is 64.0. The van der Waals surface area contributed by atoms with Gasteiger partial charge in [-0.2, -0.15) is 0 Å². The maximum absolute atomic E-state index is 14.9. The van der Waals surface area contributed by atoms with E-state index in [2.05, 4.69) is 16.6 Å². The van der Waals surface area contributed by atoms with Crippen LogP contribution in [0.2, 0.25) is 0 Å². The lowest BCUT2D eigenvalue weighted by molar-refractivity contribution is -0.270. The molecule has 5 amide bonds. The van der Waals surface area contributed by atoms with Crippen LogP contribution >= 0.6 is 0 Å². The smallest absolute Gasteiger partial charge is 0.410 e. The molecule has 2 aliphatic heterocycles. The highest BCUT2D eigenvalue weighted by atomic mass is 16.7. The van der Waals surface area contributed by atoms with E-state index in [9.17, 15) is 69.0 Å². The number of methoxy groups -OCH3 is 2. The van der Waals surface area contributed by atoms with Crippen LogP contribution < -0.4 is 15.4 Å². The van der Waals surface area contributed by atoms with E-state index in [1.807, 2.05) is 19.9 Å². The summed E-state index contributed by atoms with van der Waals surface area (Å²) in [5.41, 5.74) is 0.868. The number of furan rings is 1. The summed E-state index contributed by atoms with van der Waals surface area (Å²) in [6, 6.07) is 8.19. The van der Waals surface area contributed by atoms with Gasteiger partial charge in [0.05, 0.1) is 54.9 Å². The summed E-state index contributed by atoms with van der Waals surface area (Å²) in [7, 11) is 5.80. The first-order valence-corrected chi connectivity index (χ1v) is 28.8. The number of aliphatic hydroxyl groups is 3. The molecule has 2 saturated heterocycles. The summed E-state index contributed by atoms with van der Waals surface area (Å²) in [4.78, 5) is 112. The van der Waals surface area contributed by atoms with Gasteiger partial charge in [-0.05, 0) is 54.4 Å². The van der Waals surface area contributed by atoms with E-state index in [4.69, 9.17) is 34.5 Å². The van der Waals surface area contributed by atoms with Gasteiger partial charge in [-0.15, -0.1) is 12.3 Å². The van der Waals surface area contributed by atoms with Crippen LogP contribution in [-0.2, 0) is 65.4 Å². The number of likely N-dealkylation sites (N-methyl/N-ethyl adjacent to an activating group) is 2. The lowest BCUT2D eigenvalue weighted by Gasteiger charge is -2.41. The summed E-state index contributed by atoms with van der Waals surface area (Å²) in [5, 5.41) is 66.1. The number of aryl methyl sites for hydroxylation is 1. The largest absolute Gasteiger partial charge is 0.481 e. The Kier molecular flexibility index (Phi) is 25.3. The highest BCUT2D eigenvalue weighted by Crippen LogP contribution is 2.39. The van der Waals surface area contributed by atoms with Crippen LogP contribution in [0.15, 0.2) is 52.9 Å². The van der Waals surface area contributed by atoms with Crippen molar-refractivity contribution in [3.8, 4) is 18.1 Å². The lowest BCUT2D eigenvalue weighted by Crippen LogP contribution is -2.61. The predicted molar refractivity (Wildman–Crippen MR) is 309 cm³/mol. The Morgan fingerprint density at radius 1 is 0.849 bits per heavy atom. The van der Waals surface area contributed by atoms with E-state index in [1.54, 1.807) is 70.8 Å². The lowest BCUT2D eigenvalue weighted by atomic mass is 9.89. The van der Waals surface area contributed by atoms with Gasteiger partial charge in [-0.25, -0.2) is 14.4 Å². The molecule has 25 nitrogen and oxygen atoms in total. The highest BCUT2D eigenvalue weighted by Gasteiger charge is 2.49. The van der Waals surface area contributed by atoms with Crippen LogP contribution in [0.5, 0.6) is 5.75 Å². The van der Waals surface area contributed by atoms with Gasteiger partial charge in [-0.1, -0.05) is 85.2 Å². The predicted octanol–water partition coefficient (Wildman–Crippen LogP) is 3.75. The minimum Gasteiger partial charge on any atom is -0.481 e. The third-order valence-corrected chi connectivity index (χ3v) is 16.3. The number of ether oxygens (including phenoxy) is 5. The molecular weight excluding hydrogens is 1120 g/mol. The number of hydrogen-bond donors (Lipinski definition) is 8. The first kappa shape index (κ1) is 69.4. The number of aliphatic carboxylic acids is 3. The van der Waals surface area contributed by atoms with Crippen LogP contribution in [-0.4, -0.2) is 201 Å². The fourth-order valence-corrected chi connectivity index (χ4v) is 11.4. The summed E-state index contributed by atoms with van der Waals surface area (Å²) in [6.45, 7) is 12.7. The van der Waals surface area contributed by atoms with Crippen molar-refractivity contribution in [2.75, 3.05) is 34.9 Å². The minimum absolute atomic E-state index is 0.0180. The topological polar surface area (TPSA) is 351 Å². The number of carboxylic acid groups (broad SMARTS) is 3. The molecule has 8 N–H and O–H groups in total. The maximum Gasteiger partial charge on any atom is 0.410 e. The molecule has 1 aromatic heterocycles. The first-order chi connectivity index (χ1) is 40.6.